The first kappa shape index (κ1) is 34.7. The van der Waals surface area contributed by atoms with Crippen LogP contribution in [0.4, 0.5) is 10.6 Å². The minimum Gasteiger partial charge on any atom is -0.508 e. The number of amidine groups is 1. The van der Waals surface area contributed by atoms with Crippen molar-refractivity contribution in [3.05, 3.63) is 144 Å². The van der Waals surface area contributed by atoms with Gasteiger partial charge < -0.3 is 24.9 Å². The number of phenols is 1. The number of carbonyl (C=O) groups is 1. The summed E-state index contributed by atoms with van der Waals surface area (Å²) in [6, 6.07) is 37.2. The van der Waals surface area contributed by atoms with Gasteiger partial charge in [0.2, 0.25) is 0 Å². The van der Waals surface area contributed by atoms with E-state index in [1.807, 2.05) is 93.6 Å². The molecule has 53 heavy (non-hydrogen) atoms. The smallest absolute Gasteiger partial charge is 0.407 e. The number of nitrogens with zero attached hydrogens (tertiary/aromatic N) is 5. The van der Waals surface area contributed by atoms with E-state index in [-0.39, 0.29) is 12.4 Å². The fraction of sp³-hybridized carbons (Fsp3) is 0.167. The van der Waals surface area contributed by atoms with E-state index in [9.17, 15) is 9.90 Å². The molecule has 0 spiro atoms. The number of hydrogen-bond acceptors (Lipinski definition) is 7. The zero-order valence-electron chi connectivity index (χ0n) is 29.7. The fourth-order valence-electron chi connectivity index (χ4n) is 5.72. The zero-order valence-corrected chi connectivity index (χ0v) is 29.7. The molecule has 0 bridgehead atoms. The van der Waals surface area contributed by atoms with Crippen LogP contribution in [0.25, 0.3) is 28.0 Å². The Balaban J connectivity index is 1.09. The molecule has 0 saturated heterocycles. The number of amides is 1. The molecule has 0 aliphatic carbocycles. The van der Waals surface area contributed by atoms with Gasteiger partial charge in [0.25, 0.3) is 0 Å². The van der Waals surface area contributed by atoms with Gasteiger partial charge in [-0.3, -0.25) is 4.68 Å². The van der Waals surface area contributed by atoms with E-state index in [0.29, 0.717) is 36.2 Å². The predicted octanol–water partition coefficient (Wildman–Crippen LogP) is 8.37. The first-order valence-electron chi connectivity index (χ1n) is 17.3. The molecule has 0 unspecified atom stereocenters. The topological polar surface area (TPSA) is 139 Å². The van der Waals surface area contributed by atoms with Gasteiger partial charge in [-0.05, 0) is 98.1 Å². The lowest BCUT2D eigenvalue weighted by atomic mass is 10.0. The van der Waals surface area contributed by atoms with Gasteiger partial charge in [0, 0.05) is 28.9 Å². The Morgan fingerprint density at radius 3 is 2.25 bits per heavy atom. The SMILES string of the molecule is CC(C)(C)OC(=O)NCCn1cc(COc2ccc(C3=NC(=Nc4[nH]c(-c5ccc(O)cc5)cc4-c4ccccc4)C(c4ccccc4)=C3)cc2)nn1. The van der Waals surface area contributed by atoms with Crippen molar-refractivity contribution in [1.29, 1.82) is 0 Å². The number of phenolic OH excluding ortho intramolecular Hbond substituents is 1. The van der Waals surface area contributed by atoms with E-state index in [4.69, 9.17) is 19.5 Å². The van der Waals surface area contributed by atoms with Crippen LogP contribution in [0.15, 0.2) is 138 Å². The number of rotatable bonds is 11. The maximum atomic E-state index is 11.9. The molecule has 0 atom stereocenters. The average Bonchev–Trinajstić information content (AvgIpc) is 3.91. The van der Waals surface area contributed by atoms with Crippen molar-refractivity contribution in [3.8, 4) is 33.9 Å². The lowest BCUT2D eigenvalue weighted by Crippen LogP contribution is -2.34. The molecule has 1 aliphatic heterocycles. The summed E-state index contributed by atoms with van der Waals surface area (Å²) < 4.78 is 12.9. The number of alkyl carbamates (subject to hydrolysis) is 1. The van der Waals surface area contributed by atoms with Crippen LogP contribution in [0.3, 0.4) is 0 Å². The van der Waals surface area contributed by atoms with Crippen LogP contribution >= 0.6 is 0 Å². The number of hydrogen-bond donors (Lipinski definition) is 3. The summed E-state index contributed by atoms with van der Waals surface area (Å²) in [5.74, 6) is 2.16. The molecule has 1 amide bonds. The monoisotopic (exact) mass is 705 g/mol. The Labute approximate surface area is 307 Å². The quantitative estimate of drug-likeness (QED) is 0.124. The van der Waals surface area contributed by atoms with Crippen molar-refractivity contribution in [1.82, 2.24) is 25.3 Å². The lowest BCUT2D eigenvalue weighted by Gasteiger charge is -2.19. The lowest BCUT2D eigenvalue weighted by molar-refractivity contribution is 0.0525. The van der Waals surface area contributed by atoms with Crippen LogP contribution in [-0.4, -0.2) is 54.9 Å². The summed E-state index contributed by atoms with van der Waals surface area (Å²) in [5, 5.41) is 20.9. The van der Waals surface area contributed by atoms with Crippen LogP contribution in [0.2, 0.25) is 0 Å². The molecular weight excluding hydrogens is 667 g/mol. The molecule has 0 radical (unpaired) electrons. The Morgan fingerprint density at radius 1 is 0.868 bits per heavy atom. The molecular formula is C42H39N7O4. The third kappa shape index (κ3) is 8.77. The highest BCUT2D eigenvalue weighted by molar-refractivity contribution is 6.38. The molecule has 6 aromatic rings. The number of aromatic nitrogens is 4. The summed E-state index contributed by atoms with van der Waals surface area (Å²) in [4.78, 5) is 25.6. The number of aliphatic imine (C=N–C) groups is 2. The highest BCUT2D eigenvalue weighted by Crippen LogP contribution is 2.37. The molecule has 266 valence electrons. The molecule has 3 N–H and O–H groups in total. The number of H-pyrrole nitrogens is 1. The van der Waals surface area contributed by atoms with Crippen molar-refractivity contribution in [2.75, 3.05) is 6.54 Å². The third-order valence-electron chi connectivity index (χ3n) is 8.24. The van der Waals surface area contributed by atoms with Gasteiger partial charge in [-0.15, -0.1) is 5.10 Å². The van der Waals surface area contributed by atoms with Crippen LogP contribution in [0, 0.1) is 0 Å². The normalized spacial score (nSPS) is 13.5. The highest BCUT2D eigenvalue weighted by Gasteiger charge is 2.21. The first-order valence-corrected chi connectivity index (χ1v) is 17.3. The van der Waals surface area contributed by atoms with Crippen molar-refractivity contribution >= 4 is 29.0 Å². The minimum atomic E-state index is -0.554. The molecule has 1 aliphatic rings. The predicted molar refractivity (Wildman–Crippen MR) is 206 cm³/mol. The van der Waals surface area contributed by atoms with Crippen LogP contribution in [0.1, 0.15) is 37.6 Å². The number of ether oxygens (including phenoxy) is 2. The van der Waals surface area contributed by atoms with Crippen molar-refractivity contribution in [3.63, 3.8) is 0 Å². The van der Waals surface area contributed by atoms with Crippen molar-refractivity contribution < 1.29 is 19.4 Å². The molecule has 2 aromatic heterocycles. The summed E-state index contributed by atoms with van der Waals surface area (Å²) >= 11 is 0. The number of benzene rings is 4. The second-order valence-electron chi connectivity index (χ2n) is 13.4. The highest BCUT2D eigenvalue weighted by atomic mass is 16.6. The summed E-state index contributed by atoms with van der Waals surface area (Å²) in [7, 11) is 0. The minimum absolute atomic E-state index is 0.210. The average molecular weight is 706 g/mol. The second-order valence-corrected chi connectivity index (χ2v) is 13.4. The number of aromatic amines is 1. The summed E-state index contributed by atoms with van der Waals surface area (Å²) in [6.07, 6.45) is 3.38. The number of aromatic hydroxyl groups is 1. The Hall–Kier alpha value is -6.75. The number of nitrogens with one attached hydrogen (secondary N) is 2. The van der Waals surface area contributed by atoms with E-state index >= 15 is 0 Å². The van der Waals surface area contributed by atoms with Crippen LogP contribution in [0.5, 0.6) is 11.5 Å². The van der Waals surface area contributed by atoms with E-state index in [0.717, 1.165) is 44.8 Å². The molecule has 0 saturated carbocycles. The Morgan fingerprint density at radius 2 is 1.55 bits per heavy atom. The third-order valence-corrected chi connectivity index (χ3v) is 8.24. The standard InChI is InChI=1S/C42H39N7O4/c1-42(2,3)53-41(51)43-22-23-49-26-32(47-48-49)27-52-34-20-16-31(17-21-34)38-25-36(29-12-8-5-9-13-29)40(45-38)46-39-35(28-10-6-4-7-11-28)24-37(44-39)30-14-18-33(50)19-15-30/h4-21,24-26,44,50H,22-23,27H2,1-3H3,(H,43,51). The summed E-state index contributed by atoms with van der Waals surface area (Å²) in [5.41, 5.74) is 7.49. The maximum absolute atomic E-state index is 11.9. The Kier molecular flexibility index (Phi) is 9.97. The maximum Gasteiger partial charge on any atom is 0.407 e. The van der Waals surface area contributed by atoms with Crippen molar-refractivity contribution in [2.24, 2.45) is 9.98 Å². The van der Waals surface area contributed by atoms with Gasteiger partial charge in [-0.25, -0.2) is 14.8 Å². The van der Waals surface area contributed by atoms with E-state index < -0.39 is 11.7 Å². The van der Waals surface area contributed by atoms with Gasteiger partial charge in [0.05, 0.1) is 18.5 Å². The molecule has 0 fully saturated rings. The van der Waals surface area contributed by atoms with E-state index in [2.05, 4.69) is 57.0 Å². The number of carbonyl (C=O) groups excluding carboxylic acids is 1. The zero-order chi connectivity index (χ0) is 36.8. The van der Waals surface area contributed by atoms with Gasteiger partial charge in [-0.1, -0.05) is 65.9 Å². The molecule has 11 heteroatoms. The molecule has 11 nitrogen and oxygen atoms in total. The Bertz CT molecular complexity index is 2280. The van der Waals surface area contributed by atoms with Crippen LogP contribution < -0.4 is 10.1 Å². The largest absolute Gasteiger partial charge is 0.508 e. The van der Waals surface area contributed by atoms with E-state index in [1.54, 1.807) is 23.0 Å². The van der Waals surface area contributed by atoms with Crippen molar-refractivity contribution in [2.45, 2.75) is 39.5 Å². The number of allylic oxidation sites excluding steroid dienone is 1. The fourth-order valence-corrected chi connectivity index (χ4v) is 5.72. The van der Waals surface area contributed by atoms with Crippen LogP contribution in [-0.2, 0) is 17.9 Å². The molecule has 3 heterocycles. The second kappa shape index (κ2) is 15.2. The van der Waals surface area contributed by atoms with Gasteiger partial charge in [0.15, 0.2) is 5.84 Å². The summed E-state index contributed by atoms with van der Waals surface area (Å²) in [6.45, 7) is 6.50. The van der Waals surface area contributed by atoms with Gasteiger partial charge in [-0.2, -0.15) is 0 Å². The molecule has 7 rings (SSSR count). The van der Waals surface area contributed by atoms with Gasteiger partial charge >= 0.3 is 6.09 Å². The first-order chi connectivity index (χ1) is 25.7. The van der Waals surface area contributed by atoms with Gasteiger partial charge in [0.1, 0.15) is 35.2 Å². The van der Waals surface area contributed by atoms with E-state index in [1.165, 1.54) is 0 Å². The molecule has 4 aromatic carbocycles.